The molecule has 0 atom stereocenters. The SMILES string of the molecule is CCNCC.COc1c(/C=C/c2ccc(NS(C)(=O)=O)cc2)cc(-n2ccc(=O)[nH]c2=O)cc1C(C)(C)C. The quantitative estimate of drug-likeness (QED) is 0.370. The predicted molar refractivity (Wildman–Crippen MR) is 156 cm³/mol. The van der Waals surface area contributed by atoms with Crippen molar-refractivity contribution in [2.45, 2.75) is 40.0 Å². The lowest BCUT2D eigenvalue weighted by molar-refractivity contribution is 0.396. The molecule has 10 heteroatoms. The monoisotopic (exact) mass is 542 g/mol. The molecule has 2 aromatic carbocycles. The number of hydrogen-bond acceptors (Lipinski definition) is 6. The van der Waals surface area contributed by atoms with E-state index in [0.717, 1.165) is 36.0 Å². The van der Waals surface area contributed by atoms with Gasteiger partial charge in [0.15, 0.2) is 0 Å². The molecule has 0 radical (unpaired) electrons. The van der Waals surface area contributed by atoms with E-state index in [0.29, 0.717) is 17.1 Å². The number of nitrogens with zero attached hydrogens (tertiary/aromatic N) is 1. The first-order chi connectivity index (χ1) is 17.8. The summed E-state index contributed by atoms with van der Waals surface area (Å²) in [5.41, 5.74) is 2.28. The van der Waals surface area contributed by atoms with Crippen molar-refractivity contribution in [3.63, 3.8) is 0 Å². The van der Waals surface area contributed by atoms with Gasteiger partial charge in [0, 0.05) is 29.1 Å². The summed E-state index contributed by atoms with van der Waals surface area (Å²) in [6.45, 7) is 12.5. The number of anilines is 1. The topological polar surface area (TPSA) is 122 Å². The molecule has 3 rings (SSSR count). The van der Waals surface area contributed by atoms with E-state index in [1.807, 2.05) is 45.1 Å². The highest BCUT2D eigenvalue weighted by Gasteiger charge is 2.22. The molecule has 0 spiro atoms. The molecule has 0 bridgehead atoms. The van der Waals surface area contributed by atoms with Gasteiger partial charge in [-0.1, -0.05) is 58.9 Å². The number of sulfonamides is 1. The standard InChI is InChI=1S/C24H27N3O5S.C4H11N/c1-24(2,3)20-15-19(27-13-12-21(28)25-23(27)29)14-17(22(20)32-4)9-6-16-7-10-18(11-8-16)26-33(5,30)31;1-3-5-4-2/h6-15,26H,1-5H3,(H,25,28,29);5H,3-4H2,1-2H3/b9-6+;. The van der Waals surface area contributed by atoms with Gasteiger partial charge in [0.05, 0.1) is 19.1 Å². The van der Waals surface area contributed by atoms with Gasteiger partial charge in [0.2, 0.25) is 10.0 Å². The Bertz CT molecular complexity index is 1460. The van der Waals surface area contributed by atoms with Crippen LogP contribution in [0.1, 0.15) is 51.3 Å². The highest BCUT2D eigenvalue weighted by atomic mass is 32.2. The van der Waals surface area contributed by atoms with Crippen LogP contribution in [-0.2, 0) is 15.4 Å². The zero-order valence-corrected chi connectivity index (χ0v) is 23.9. The third kappa shape index (κ3) is 9.04. The van der Waals surface area contributed by atoms with Crippen molar-refractivity contribution in [2.75, 3.05) is 31.2 Å². The van der Waals surface area contributed by atoms with Crippen LogP contribution >= 0.6 is 0 Å². The second kappa shape index (κ2) is 13.3. The average Bonchev–Trinajstić information content (AvgIpc) is 2.82. The van der Waals surface area contributed by atoms with Gasteiger partial charge in [-0.05, 0) is 48.3 Å². The summed E-state index contributed by atoms with van der Waals surface area (Å²) in [7, 11) is -1.75. The van der Waals surface area contributed by atoms with E-state index in [-0.39, 0.29) is 5.41 Å². The van der Waals surface area contributed by atoms with Gasteiger partial charge in [-0.2, -0.15) is 0 Å². The van der Waals surface area contributed by atoms with E-state index in [1.165, 1.54) is 16.8 Å². The average molecular weight is 543 g/mol. The Morgan fingerprint density at radius 1 is 1.00 bits per heavy atom. The number of rotatable bonds is 8. The number of ether oxygens (including phenoxy) is 1. The predicted octanol–water partition coefficient (Wildman–Crippen LogP) is 3.99. The molecule has 0 amide bonds. The van der Waals surface area contributed by atoms with Gasteiger partial charge < -0.3 is 10.1 Å². The smallest absolute Gasteiger partial charge is 0.332 e. The molecule has 0 aliphatic carbocycles. The van der Waals surface area contributed by atoms with Crippen molar-refractivity contribution in [2.24, 2.45) is 0 Å². The van der Waals surface area contributed by atoms with Gasteiger partial charge >= 0.3 is 5.69 Å². The van der Waals surface area contributed by atoms with Crippen LogP contribution < -0.4 is 26.0 Å². The minimum atomic E-state index is -3.34. The molecule has 0 unspecified atom stereocenters. The second-order valence-corrected chi connectivity index (χ2v) is 11.4. The van der Waals surface area contributed by atoms with Crippen molar-refractivity contribution in [3.8, 4) is 11.4 Å². The van der Waals surface area contributed by atoms with E-state index in [9.17, 15) is 18.0 Å². The fourth-order valence-electron chi connectivity index (χ4n) is 3.62. The maximum absolute atomic E-state index is 12.4. The molecular formula is C28H38N4O5S. The number of aromatic nitrogens is 2. The number of aromatic amines is 1. The van der Waals surface area contributed by atoms with Crippen molar-refractivity contribution >= 4 is 27.9 Å². The van der Waals surface area contributed by atoms with Crippen LogP contribution in [0, 0.1) is 0 Å². The summed E-state index contributed by atoms with van der Waals surface area (Å²) in [6, 6.07) is 11.9. The maximum atomic E-state index is 12.4. The molecule has 9 nitrogen and oxygen atoms in total. The number of H-pyrrole nitrogens is 1. The molecule has 38 heavy (non-hydrogen) atoms. The van der Waals surface area contributed by atoms with E-state index in [4.69, 9.17) is 4.74 Å². The molecule has 0 aliphatic heterocycles. The van der Waals surface area contributed by atoms with Crippen molar-refractivity contribution in [3.05, 3.63) is 86.2 Å². The zero-order chi connectivity index (χ0) is 28.5. The summed E-state index contributed by atoms with van der Waals surface area (Å²) in [6.07, 6.45) is 6.28. The van der Waals surface area contributed by atoms with Crippen LogP contribution in [0.3, 0.4) is 0 Å². The van der Waals surface area contributed by atoms with Gasteiger partial charge in [-0.15, -0.1) is 0 Å². The van der Waals surface area contributed by atoms with E-state index in [1.54, 1.807) is 31.4 Å². The number of hydrogen-bond donors (Lipinski definition) is 3. The summed E-state index contributed by atoms with van der Waals surface area (Å²) in [4.78, 5) is 26.2. The number of methoxy groups -OCH3 is 1. The van der Waals surface area contributed by atoms with Gasteiger partial charge in [0.1, 0.15) is 5.75 Å². The van der Waals surface area contributed by atoms with E-state index >= 15 is 0 Å². The Hall–Kier alpha value is -3.63. The maximum Gasteiger partial charge on any atom is 0.332 e. The molecule has 0 saturated heterocycles. The van der Waals surface area contributed by atoms with E-state index in [2.05, 4.69) is 28.9 Å². The first-order valence-corrected chi connectivity index (χ1v) is 14.2. The molecule has 206 valence electrons. The highest BCUT2D eigenvalue weighted by molar-refractivity contribution is 7.92. The van der Waals surface area contributed by atoms with Crippen LogP contribution in [0.2, 0.25) is 0 Å². The summed E-state index contributed by atoms with van der Waals surface area (Å²) < 4.78 is 32.3. The van der Waals surface area contributed by atoms with Crippen LogP contribution in [0.15, 0.2) is 58.3 Å². The summed E-state index contributed by atoms with van der Waals surface area (Å²) in [5.74, 6) is 0.676. The minimum Gasteiger partial charge on any atom is -0.496 e. The Labute approximate surface area is 224 Å². The lowest BCUT2D eigenvalue weighted by atomic mass is 9.84. The van der Waals surface area contributed by atoms with Crippen molar-refractivity contribution in [1.82, 2.24) is 14.9 Å². The Balaban J connectivity index is 0.000000926. The Morgan fingerprint density at radius 2 is 1.63 bits per heavy atom. The molecule has 3 N–H and O–H groups in total. The van der Waals surface area contributed by atoms with Crippen molar-refractivity contribution < 1.29 is 13.2 Å². The van der Waals surface area contributed by atoms with E-state index < -0.39 is 21.3 Å². The largest absolute Gasteiger partial charge is 0.496 e. The van der Waals surface area contributed by atoms with Gasteiger partial charge in [0.25, 0.3) is 5.56 Å². The lowest BCUT2D eigenvalue weighted by Gasteiger charge is -2.25. The van der Waals surface area contributed by atoms with Crippen LogP contribution in [0.5, 0.6) is 5.75 Å². The Kier molecular flexibility index (Phi) is 10.7. The molecule has 0 saturated carbocycles. The van der Waals surface area contributed by atoms with Gasteiger partial charge in [-0.3, -0.25) is 19.1 Å². The first-order valence-electron chi connectivity index (χ1n) is 12.3. The first kappa shape index (κ1) is 30.6. The fourth-order valence-corrected chi connectivity index (χ4v) is 4.18. The van der Waals surface area contributed by atoms with Crippen LogP contribution in [-0.4, -0.2) is 44.4 Å². The van der Waals surface area contributed by atoms with Gasteiger partial charge in [-0.25, -0.2) is 13.2 Å². The lowest BCUT2D eigenvalue weighted by Crippen LogP contribution is -2.28. The normalized spacial score (nSPS) is 11.7. The third-order valence-electron chi connectivity index (χ3n) is 5.39. The van der Waals surface area contributed by atoms with Crippen LogP contribution in [0.25, 0.3) is 17.8 Å². The molecule has 0 aliphatic rings. The molecular weight excluding hydrogens is 504 g/mol. The second-order valence-electron chi connectivity index (χ2n) is 9.63. The number of benzene rings is 2. The minimum absolute atomic E-state index is 0.283. The molecule has 3 aromatic rings. The Morgan fingerprint density at radius 3 is 2.11 bits per heavy atom. The summed E-state index contributed by atoms with van der Waals surface area (Å²) >= 11 is 0. The fraction of sp³-hybridized carbons (Fsp3) is 0.357. The molecule has 1 heterocycles. The number of nitrogens with one attached hydrogen (secondary N) is 3. The third-order valence-corrected chi connectivity index (χ3v) is 5.99. The van der Waals surface area contributed by atoms with Crippen molar-refractivity contribution in [1.29, 1.82) is 0 Å². The molecule has 1 aromatic heterocycles. The highest BCUT2D eigenvalue weighted by Crippen LogP contribution is 2.37. The zero-order valence-electron chi connectivity index (χ0n) is 23.1. The molecule has 0 fully saturated rings. The summed E-state index contributed by atoms with van der Waals surface area (Å²) in [5, 5.41) is 3.11. The van der Waals surface area contributed by atoms with Crippen LogP contribution in [0.4, 0.5) is 5.69 Å².